The van der Waals surface area contributed by atoms with Crippen molar-refractivity contribution in [3.63, 3.8) is 0 Å². The lowest BCUT2D eigenvalue weighted by Crippen LogP contribution is -2.54. The number of benzene rings is 2. The van der Waals surface area contributed by atoms with Gasteiger partial charge in [-0.15, -0.1) is 0 Å². The zero-order valence-corrected chi connectivity index (χ0v) is 16.6. The molecular weight excluding hydrogens is 399 g/mol. The van der Waals surface area contributed by atoms with Gasteiger partial charge in [-0.3, -0.25) is 0 Å². The second-order valence-corrected chi connectivity index (χ2v) is 7.36. The molecule has 3 amide bonds. The molecule has 160 valence electrons. The molecule has 0 spiro atoms. The van der Waals surface area contributed by atoms with Gasteiger partial charge in [0.25, 0.3) is 0 Å². The number of urea groups is 1. The first-order valence-corrected chi connectivity index (χ1v) is 9.36. The maximum absolute atomic E-state index is 13.6. The summed E-state index contributed by atoms with van der Waals surface area (Å²) in [4.78, 5) is 28.6. The molecule has 1 aliphatic heterocycles. The molecule has 0 unspecified atom stereocenters. The van der Waals surface area contributed by atoms with Crippen molar-refractivity contribution in [1.29, 1.82) is 0 Å². The number of halogens is 3. The largest absolute Gasteiger partial charge is 0.465 e. The Hall–Kier alpha value is -3.23. The van der Waals surface area contributed by atoms with Gasteiger partial charge in [0.15, 0.2) is 0 Å². The molecule has 0 bridgehead atoms. The van der Waals surface area contributed by atoms with Gasteiger partial charge in [-0.2, -0.15) is 0 Å². The highest BCUT2D eigenvalue weighted by molar-refractivity contribution is 5.75. The molecule has 1 heterocycles. The van der Waals surface area contributed by atoms with E-state index in [0.29, 0.717) is 16.7 Å². The molecule has 3 rings (SSSR count). The van der Waals surface area contributed by atoms with E-state index >= 15 is 0 Å². The van der Waals surface area contributed by atoms with Crippen molar-refractivity contribution < 1.29 is 27.9 Å². The Balaban J connectivity index is 1.86. The standard InChI is InChI=1S/C21H22F3N3O3/c1-13-7-15(22)3-4-18(13)19-12-26(21(29)30)5-6-27(19)20(28)25(2)11-14-8-16(23)10-17(24)9-14/h3-4,7-10,19H,5-6,11-12H2,1-2H3,(H,29,30)/t19-/m1/s1. The number of aryl methyl sites for hydroxylation is 1. The van der Waals surface area contributed by atoms with Crippen molar-refractivity contribution in [1.82, 2.24) is 14.7 Å². The lowest BCUT2D eigenvalue weighted by Gasteiger charge is -2.42. The van der Waals surface area contributed by atoms with Crippen LogP contribution in [0.4, 0.5) is 22.8 Å². The van der Waals surface area contributed by atoms with Gasteiger partial charge in [0.2, 0.25) is 0 Å². The first-order valence-electron chi connectivity index (χ1n) is 9.36. The molecule has 1 N–H and O–H groups in total. The minimum atomic E-state index is -1.10. The third kappa shape index (κ3) is 4.67. The Labute approximate surface area is 172 Å². The zero-order valence-electron chi connectivity index (χ0n) is 16.6. The van der Waals surface area contributed by atoms with Crippen molar-refractivity contribution >= 4 is 12.1 Å². The number of carboxylic acid groups (broad SMARTS) is 1. The van der Waals surface area contributed by atoms with E-state index in [9.17, 15) is 27.9 Å². The van der Waals surface area contributed by atoms with Crippen LogP contribution in [-0.4, -0.2) is 58.6 Å². The Bertz CT molecular complexity index is 950. The topological polar surface area (TPSA) is 64.1 Å². The summed E-state index contributed by atoms with van der Waals surface area (Å²) in [6, 6.07) is 6.16. The van der Waals surface area contributed by atoms with Gasteiger partial charge in [0, 0.05) is 39.3 Å². The lowest BCUT2D eigenvalue weighted by molar-refractivity contribution is 0.0711. The first kappa shape index (κ1) is 21.5. The fourth-order valence-electron chi connectivity index (χ4n) is 3.73. The smallest absolute Gasteiger partial charge is 0.407 e. The Morgan fingerprint density at radius 2 is 1.73 bits per heavy atom. The Morgan fingerprint density at radius 1 is 1.07 bits per heavy atom. The Kier molecular flexibility index (Phi) is 6.19. The molecule has 2 aromatic carbocycles. The molecular formula is C21H22F3N3O3. The van der Waals surface area contributed by atoms with Gasteiger partial charge >= 0.3 is 12.1 Å². The second-order valence-electron chi connectivity index (χ2n) is 7.36. The fraction of sp³-hybridized carbons (Fsp3) is 0.333. The van der Waals surface area contributed by atoms with Crippen LogP contribution in [0.3, 0.4) is 0 Å². The maximum Gasteiger partial charge on any atom is 0.407 e. The highest BCUT2D eigenvalue weighted by Crippen LogP contribution is 2.29. The summed E-state index contributed by atoms with van der Waals surface area (Å²) in [5.74, 6) is -1.90. The number of amides is 3. The highest BCUT2D eigenvalue weighted by Gasteiger charge is 2.35. The van der Waals surface area contributed by atoms with Crippen molar-refractivity contribution in [3.05, 3.63) is 70.5 Å². The summed E-state index contributed by atoms with van der Waals surface area (Å²) in [6.45, 7) is 1.96. The molecule has 30 heavy (non-hydrogen) atoms. The zero-order chi connectivity index (χ0) is 22.0. The van der Waals surface area contributed by atoms with Gasteiger partial charge in [0.05, 0.1) is 6.04 Å². The molecule has 0 saturated carbocycles. The molecule has 9 heteroatoms. The van der Waals surface area contributed by atoms with E-state index < -0.39 is 35.6 Å². The fourth-order valence-corrected chi connectivity index (χ4v) is 3.73. The number of carbonyl (C=O) groups is 2. The average molecular weight is 421 g/mol. The SMILES string of the molecule is Cc1cc(F)ccc1[C@H]1CN(C(=O)O)CCN1C(=O)N(C)Cc1cc(F)cc(F)c1. The summed E-state index contributed by atoms with van der Waals surface area (Å²) < 4.78 is 40.5. The van der Waals surface area contributed by atoms with Crippen LogP contribution < -0.4 is 0 Å². The van der Waals surface area contributed by atoms with E-state index in [1.54, 1.807) is 13.0 Å². The van der Waals surface area contributed by atoms with Crippen molar-refractivity contribution in [2.75, 3.05) is 26.7 Å². The van der Waals surface area contributed by atoms with Gasteiger partial charge in [-0.05, 0) is 47.9 Å². The lowest BCUT2D eigenvalue weighted by atomic mass is 9.97. The molecule has 0 aliphatic carbocycles. The number of hydrogen-bond acceptors (Lipinski definition) is 2. The number of carbonyl (C=O) groups excluding carboxylic acids is 1. The van der Waals surface area contributed by atoms with E-state index in [0.717, 1.165) is 18.2 Å². The Morgan fingerprint density at radius 3 is 2.33 bits per heavy atom. The van der Waals surface area contributed by atoms with E-state index in [1.807, 2.05) is 0 Å². The van der Waals surface area contributed by atoms with Crippen LogP contribution in [0.1, 0.15) is 22.7 Å². The first-order chi connectivity index (χ1) is 14.2. The third-order valence-corrected chi connectivity index (χ3v) is 5.16. The van der Waals surface area contributed by atoms with Gasteiger partial charge in [0.1, 0.15) is 17.5 Å². The normalized spacial score (nSPS) is 16.5. The predicted octanol–water partition coefficient (Wildman–Crippen LogP) is 4.00. The minimum Gasteiger partial charge on any atom is -0.465 e. The monoisotopic (exact) mass is 421 g/mol. The quantitative estimate of drug-likeness (QED) is 0.815. The van der Waals surface area contributed by atoms with Crippen LogP contribution in [0.15, 0.2) is 36.4 Å². The number of piperazine rings is 1. The molecule has 0 radical (unpaired) electrons. The van der Waals surface area contributed by atoms with Gasteiger partial charge in [-0.1, -0.05) is 6.07 Å². The summed E-state index contributed by atoms with van der Waals surface area (Å²) in [6.07, 6.45) is -1.10. The van der Waals surface area contributed by atoms with Gasteiger partial charge in [-0.25, -0.2) is 22.8 Å². The number of rotatable bonds is 3. The molecule has 1 saturated heterocycles. The second kappa shape index (κ2) is 8.64. The highest BCUT2D eigenvalue weighted by atomic mass is 19.1. The molecule has 6 nitrogen and oxygen atoms in total. The molecule has 1 fully saturated rings. The van der Waals surface area contributed by atoms with E-state index in [-0.39, 0.29) is 26.2 Å². The molecule has 2 aromatic rings. The average Bonchev–Trinajstić information content (AvgIpc) is 2.66. The predicted molar refractivity (Wildman–Crippen MR) is 103 cm³/mol. The van der Waals surface area contributed by atoms with Crippen LogP contribution in [0, 0.1) is 24.4 Å². The van der Waals surface area contributed by atoms with Crippen LogP contribution in [0.2, 0.25) is 0 Å². The van der Waals surface area contributed by atoms with Crippen molar-refractivity contribution in [3.8, 4) is 0 Å². The van der Waals surface area contributed by atoms with E-state index in [1.165, 1.54) is 33.9 Å². The summed E-state index contributed by atoms with van der Waals surface area (Å²) in [5.41, 5.74) is 1.53. The minimum absolute atomic E-state index is 0.0260. The third-order valence-electron chi connectivity index (χ3n) is 5.16. The molecule has 0 aromatic heterocycles. The summed E-state index contributed by atoms with van der Waals surface area (Å²) >= 11 is 0. The van der Waals surface area contributed by atoms with Crippen molar-refractivity contribution in [2.24, 2.45) is 0 Å². The van der Waals surface area contributed by atoms with Crippen LogP contribution in [0.25, 0.3) is 0 Å². The summed E-state index contributed by atoms with van der Waals surface area (Å²) in [7, 11) is 1.50. The van der Waals surface area contributed by atoms with Gasteiger partial charge < -0.3 is 19.8 Å². The van der Waals surface area contributed by atoms with Crippen LogP contribution in [0.5, 0.6) is 0 Å². The number of nitrogens with zero attached hydrogens (tertiary/aromatic N) is 3. The van der Waals surface area contributed by atoms with E-state index in [2.05, 4.69) is 0 Å². The van der Waals surface area contributed by atoms with Crippen LogP contribution >= 0.6 is 0 Å². The van der Waals surface area contributed by atoms with E-state index in [4.69, 9.17) is 0 Å². The molecule has 1 aliphatic rings. The van der Waals surface area contributed by atoms with Crippen molar-refractivity contribution in [2.45, 2.75) is 19.5 Å². The number of hydrogen-bond donors (Lipinski definition) is 1. The summed E-state index contributed by atoms with van der Waals surface area (Å²) in [5, 5.41) is 9.38. The molecule has 1 atom stereocenters. The van der Waals surface area contributed by atoms with Crippen LogP contribution in [-0.2, 0) is 6.54 Å². The maximum atomic E-state index is 13.6.